The predicted octanol–water partition coefficient (Wildman–Crippen LogP) is 5.21. The Morgan fingerprint density at radius 1 is 0.923 bits per heavy atom. The van der Waals surface area contributed by atoms with Gasteiger partial charge in [-0.15, -0.1) is 10.2 Å². The lowest BCUT2D eigenvalue weighted by molar-refractivity contribution is 0.0694. The lowest BCUT2D eigenvalue weighted by atomic mass is 10.0. The molecule has 0 atom stereocenters. The molecule has 0 amide bonds. The predicted molar refractivity (Wildman–Crippen MR) is 98.5 cm³/mol. The number of hydrogen-bond donors (Lipinski definition) is 2. The molecule has 0 aliphatic rings. The van der Waals surface area contributed by atoms with Crippen LogP contribution >= 0.6 is 0 Å². The number of pyridine rings is 1. The van der Waals surface area contributed by atoms with E-state index in [9.17, 15) is 15.0 Å². The molecule has 0 saturated carbocycles. The van der Waals surface area contributed by atoms with Crippen LogP contribution in [0, 0.1) is 0 Å². The summed E-state index contributed by atoms with van der Waals surface area (Å²) in [5.41, 5.74) is 1.12. The Morgan fingerprint density at radius 2 is 1.69 bits per heavy atom. The molecule has 6 nitrogen and oxygen atoms in total. The summed E-state index contributed by atoms with van der Waals surface area (Å²) in [4.78, 5) is 15.7. The van der Waals surface area contributed by atoms with Gasteiger partial charge in [-0.1, -0.05) is 42.5 Å². The van der Waals surface area contributed by atoms with E-state index >= 15 is 0 Å². The van der Waals surface area contributed by atoms with Gasteiger partial charge in [0.2, 0.25) is 0 Å². The van der Waals surface area contributed by atoms with Gasteiger partial charge in [0, 0.05) is 17.0 Å². The first-order valence-corrected chi connectivity index (χ1v) is 7.88. The molecule has 0 fully saturated rings. The van der Waals surface area contributed by atoms with Gasteiger partial charge in [-0.2, -0.15) is 0 Å². The van der Waals surface area contributed by atoms with E-state index in [-0.39, 0.29) is 11.3 Å². The Bertz CT molecular complexity index is 1180. The van der Waals surface area contributed by atoms with E-state index in [0.29, 0.717) is 22.0 Å². The van der Waals surface area contributed by atoms with Gasteiger partial charge >= 0.3 is 5.97 Å². The van der Waals surface area contributed by atoms with Crippen molar-refractivity contribution in [1.29, 1.82) is 0 Å². The zero-order valence-electron chi connectivity index (χ0n) is 13.5. The first-order valence-electron chi connectivity index (χ1n) is 7.88. The van der Waals surface area contributed by atoms with Gasteiger partial charge < -0.3 is 10.2 Å². The number of nitrogens with zero attached hydrogens (tertiary/aromatic N) is 3. The largest absolute Gasteiger partial charge is 0.505 e. The number of aromatic carboxylic acids is 1. The molecule has 0 aliphatic heterocycles. The highest BCUT2D eigenvalue weighted by Crippen LogP contribution is 2.39. The summed E-state index contributed by atoms with van der Waals surface area (Å²) in [5.74, 6) is -1.63. The van der Waals surface area contributed by atoms with Crippen molar-refractivity contribution in [2.24, 2.45) is 10.2 Å². The fraction of sp³-hybridized carbons (Fsp3) is 0. The highest BCUT2D eigenvalue weighted by molar-refractivity contribution is 6.04. The number of azo groups is 1. The fourth-order valence-electron chi connectivity index (χ4n) is 2.85. The van der Waals surface area contributed by atoms with Crippen molar-refractivity contribution in [3.63, 3.8) is 0 Å². The van der Waals surface area contributed by atoms with Gasteiger partial charge in [0.1, 0.15) is 16.9 Å². The molecule has 3 aromatic carbocycles. The number of fused-ring (bicyclic) bond motifs is 2. The van der Waals surface area contributed by atoms with E-state index in [0.717, 1.165) is 5.39 Å². The van der Waals surface area contributed by atoms with Crippen LogP contribution in [-0.4, -0.2) is 21.2 Å². The average molecular weight is 343 g/mol. The third-order valence-corrected chi connectivity index (χ3v) is 4.09. The number of carboxylic acids is 1. The van der Waals surface area contributed by atoms with Crippen LogP contribution in [0.1, 0.15) is 10.4 Å². The third-order valence-electron chi connectivity index (χ3n) is 4.09. The van der Waals surface area contributed by atoms with Crippen LogP contribution in [0.4, 0.5) is 11.4 Å². The summed E-state index contributed by atoms with van der Waals surface area (Å²) in [6.45, 7) is 0. The number of benzene rings is 3. The maximum absolute atomic E-state index is 11.4. The van der Waals surface area contributed by atoms with Gasteiger partial charge in [0.05, 0.1) is 5.52 Å². The zero-order chi connectivity index (χ0) is 18.1. The van der Waals surface area contributed by atoms with Crippen molar-refractivity contribution in [3.05, 3.63) is 72.4 Å². The molecule has 2 N–H and O–H groups in total. The second kappa shape index (κ2) is 6.25. The van der Waals surface area contributed by atoms with Gasteiger partial charge in [0.25, 0.3) is 0 Å². The van der Waals surface area contributed by atoms with Gasteiger partial charge in [-0.05, 0) is 23.6 Å². The number of para-hydroxylation sites is 1. The molecule has 6 heteroatoms. The van der Waals surface area contributed by atoms with Crippen LogP contribution < -0.4 is 0 Å². The molecule has 0 bridgehead atoms. The highest BCUT2D eigenvalue weighted by Gasteiger charge is 2.17. The molecule has 0 saturated heterocycles. The summed E-state index contributed by atoms with van der Waals surface area (Å²) in [6.07, 6.45) is 1.67. The lowest BCUT2D eigenvalue weighted by Gasteiger charge is -2.07. The second-order valence-electron chi connectivity index (χ2n) is 5.70. The van der Waals surface area contributed by atoms with Gasteiger partial charge in [-0.25, -0.2) is 4.79 Å². The molecule has 0 unspecified atom stereocenters. The molecule has 4 aromatic rings. The number of rotatable bonds is 3. The molecular weight excluding hydrogens is 330 g/mol. The molecule has 1 heterocycles. The van der Waals surface area contributed by atoms with Gasteiger partial charge in [0.15, 0.2) is 5.75 Å². The Morgan fingerprint density at radius 3 is 2.54 bits per heavy atom. The zero-order valence-corrected chi connectivity index (χ0v) is 13.5. The Hall–Kier alpha value is -3.80. The number of carbonyl (C=O) groups is 1. The Balaban J connectivity index is 1.92. The summed E-state index contributed by atoms with van der Waals surface area (Å²) in [6, 6.07) is 17.8. The fourth-order valence-corrected chi connectivity index (χ4v) is 2.85. The van der Waals surface area contributed by atoms with Crippen LogP contribution in [0.15, 0.2) is 77.1 Å². The van der Waals surface area contributed by atoms with E-state index in [2.05, 4.69) is 15.2 Å². The first-order chi connectivity index (χ1) is 12.6. The number of hydrogen-bond acceptors (Lipinski definition) is 5. The Kier molecular flexibility index (Phi) is 3.78. The smallest absolute Gasteiger partial charge is 0.339 e. The van der Waals surface area contributed by atoms with Crippen LogP contribution in [-0.2, 0) is 0 Å². The topological polar surface area (TPSA) is 95.1 Å². The van der Waals surface area contributed by atoms with Crippen molar-refractivity contribution in [2.45, 2.75) is 0 Å². The lowest BCUT2D eigenvalue weighted by Crippen LogP contribution is -1.97. The second-order valence-corrected chi connectivity index (χ2v) is 5.70. The molecular formula is C20H13N3O3. The van der Waals surface area contributed by atoms with Crippen LogP contribution in [0.25, 0.3) is 21.7 Å². The quantitative estimate of drug-likeness (QED) is 0.499. The van der Waals surface area contributed by atoms with Crippen LogP contribution in [0.2, 0.25) is 0 Å². The number of aromatic nitrogens is 1. The monoisotopic (exact) mass is 343 g/mol. The SMILES string of the molecule is O=C(O)c1cc2ccccc2c(/N=N/c2cccc3cccnc23)c1O. The van der Waals surface area contributed by atoms with Crippen LogP contribution in [0.5, 0.6) is 5.75 Å². The minimum atomic E-state index is -1.23. The van der Waals surface area contributed by atoms with Crippen molar-refractivity contribution >= 4 is 39.0 Å². The molecule has 1 aromatic heterocycles. The Labute approximate surface area is 148 Å². The van der Waals surface area contributed by atoms with Crippen molar-refractivity contribution in [3.8, 4) is 5.75 Å². The van der Waals surface area contributed by atoms with Crippen molar-refractivity contribution in [1.82, 2.24) is 4.98 Å². The van der Waals surface area contributed by atoms with E-state index in [1.165, 1.54) is 6.07 Å². The number of aromatic hydroxyl groups is 1. The maximum Gasteiger partial charge on any atom is 0.339 e. The van der Waals surface area contributed by atoms with E-state index in [1.807, 2.05) is 24.3 Å². The van der Waals surface area contributed by atoms with E-state index in [1.54, 1.807) is 36.5 Å². The van der Waals surface area contributed by atoms with E-state index in [4.69, 9.17) is 0 Å². The number of phenols is 1. The molecule has 0 aliphatic carbocycles. The number of carboxylic acid groups (broad SMARTS) is 1. The van der Waals surface area contributed by atoms with Crippen molar-refractivity contribution in [2.75, 3.05) is 0 Å². The summed E-state index contributed by atoms with van der Waals surface area (Å²) in [5, 5.41) is 30.3. The summed E-state index contributed by atoms with van der Waals surface area (Å²) >= 11 is 0. The third kappa shape index (κ3) is 2.63. The molecule has 0 radical (unpaired) electrons. The van der Waals surface area contributed by atoms with Crippen LogP contribution in [0.3, 0.4) is 0 Å². The molecule has 126 valence electrons. The summed E-state index contributed by atoms with van der Waals surface area (Å²) < 4.78 is 0. The molecule has 0 spiro atoms. The molecule has 4 rings (SSSR count). The highest BCUT2D eigenvalue weighted by atomic mass is 16.4. The van der Waals surface area contributed by atoms with Gasteiger partial charge in [-0.3, -0.25) is 4.98 Å². The molecule has 26 heavy (non-hydrogen) atoms. The maximum atomic E-state index is 11.4. The standard InChI is InChI=1S/C20H13N3O3/c24-19-15(20(25)26)11-13-5-1-2-8-14(13)18(19)23-22-16-9-3-6-12-7-4-10-21-17(12)16/h1-11,24H,(H,25,26)/b23-22+. The minimum absolute atomic E-state index is 0.119. The average Bonchev–Trinajstić information content (AvgIpc) is 2.66. The van der Waals surface area contributed by atoms with E-state index < -0.39 is 11.7 Å². The summed E-state index contributed by atoms with van der Waals surface area (Å²) in [7, 11) is 0. The van der Waals surface area contributed by atoms with Crippen molar-refractivity contribution < 1.29 is 15.0 Å². The normalized spacial score (nSPS) is 11.4. The first kappa shape index (κ1) is 15.7. The minimum Gasteiger partial charge on any atom is -0.505 e.